The van der Waals surface area contributed by atoms with E-state index >= 15 is 0 Å². The van der Waals surface area contributed by atoms with Gasteiger partial charge in [-0.25, -0.2) is 4.98 Å². The van der Waals surface area contributed by atoms with Crippen LogP contribution in [0.5, 0.6) is 5.75 Å². The number of nitrogens with zero attached hydrogens (tertiary/aromatic N) is 3. The molecular formula is C13H12BrN3O4. The summed E-state index contributed by atoms with van der Waals surface area (Å²) < 4.78 is 0.497. The van der Waals surface area contributed by atoms with Crippen LogP contribution in [-0.4, -0.2) is 50.0 Å². The lowest BCUT2D eigenvalue weighted by molar-refractivity contribution is -0.137. The molecule has 0 atom stereocenters. The van der Waals surface area contributed by atoms with E-state index in [1.54, 1.807) is 6.92 Å². The van der Waals surface area contributed by atoms with Crippen LogP contribution in [0.1, 0.15) is 17.3 Å². The van der Waals surface area contributed by atoms with Crippen molar-refractivity contribution in [3.05, 3.63) is 28.5 Å². The van der Waals surface area contributed by atoms with Gasteiger partial charge in [0.2, 0.25) is 0 Å². The first-order valence-electron chi connectivity index (χ1n) is 6.09. The van der Waals surface area contributed by atoms with E-state index in [9.17, 15) is 14.7 Å². The zero-order valence-corrected chi connectivity index (χ0v) is 12.7. The molecule has 1 aromatic heterocycles. The van der Waals surface area contributed by atoms with Gasteiger partial charge in [-0.15, -0.1) is 0 Å². The van der Waals surface area contributed by atoms with Gasteiger partial charge in [0.1, 0.15) is 28.0 Å². The number of halogens is 1. The van der Waals surface area contributed by atoms with Crippen molar-refractivity contribution in [3.63, 3.8) is 0 Å². The number of carbonyl (C=O) groups excluding carboxylic acids is 1. The summed E-state index contributed by atoms with van der Waals surface area (Å²) in [5.74, 6) is -1.98. The third-order valence-corrected chi connectivity index (χ3v) is 3.25. The average Bonchev–Trinajstić information content (AvgIpc) is 2.44. The lowest BCUT2D eigenvalue weighted by Gasteiger charge is -2.19. The first-order chi connectivity index (χ1) is 9.93. The highest BCUT2D eigenvalue weighted by molar-refractivity contribution is 9.10. The first kappa shape index (κ1) is 15.2. The normalized spacial score (nSPS) is 10.6. The van der Waals surface area contributed by atoms with Gasteiger partial charge in [-0.3, -0.25) is 14.6 Å². The maximum absolute atomic E-state index is 12.5. The Kier molecular flexibility index (Phi) is 4.37. The zero-order chi connectivity index (χ0) is 15.6. The summed E-state index contributed by atoms with van der Waals surface area (Å²) in [6.45, 7) is 1.41. The third-order valence-electron chi connectivity index (χ3n) is 2.87. The predicted octanol–water partition coefficient (Wildman–Crippen LogP) is 1.64. The maximum Gasteiger partial charge on any atom is 0.323 e. The summed E-state index contributed by atoms with van der Waals surface area (Å²) in [7, 11) is 0. The number of rotatable bonds is 4. The Morgan fingerprint density at radius 2 is 2.10 bits per heavy atom. The van der Waals surface area contributed by atoms with E-state index in [4.69, 9.17) is 5.11 Å². The van der Waals surface area contributed by atoms with Crippen LogP contribution < -0.4 is 0 Å². The number of fused-ring (bicyclic) bond motifs is 1. The van der Waals surface area contributed by atoms with Crippen molar-refractivity contribution in [2.75, 3.05) is 13.1 Å². The molecule has 1 heterocycles. The van der Waals surface area contributed by atoms with E-state index in [1.165, 1.54) is 18.3 Å². The molecule has 21 heavy (non-hydrogen) atoms. The number of hydrogen-bond donors (Lipinski definition) is 2. The second-order valence-electron chi connectivity index (χ2n) is 4.23. The van der Waals surface area contributed by atoms with Gasteiger partial charge in [0.25, 0.3) is 5.91 Å². The fourth-order valence-corrected chi connectivity index (χ4v) is 2.21. The van der Waals surface area contributed by atoms with Gasteiger partial charge in [-0.2, -0.15) is 0 Å². The standard InChI is InChI=1S/C13H12BrN3O4/c1-2-17(6-10(19)20)13(21)11-8(18)4-3-7-12(11)15-5-9(14)16-7/h3-5,18H,2,6H2,1H3,(H,19,20). The van der Waals surface area contributed by atoms with Crippen LogP contribution in [-0.2, 0) is 4.79 Å². The van der Waals surface area contributed by atoms with E-state index in [0.29, 0.717) is 10.1 Å². The molecule has 8 heteroatoms. The second kappa shape index (κ2) is 6.04. The molecule has 1 aromatic carbocycles. The lowest BCUT2D eigenvalue weighted by atomic mass is 10.1. The van der Waals surface area contributed by atoms with Crippen molar-refractivity contribution in [3.8, 4) is 5.75 Å². The molecule has 7 nitrogen and oxygen atoms in total. The number of phenols is 1. The summed E-state index contributed by atoms with van der Waals surface area (Å²) in [4.78, 5) is 32.6. The SMILES string of the molecule is CCN(CC(=O)O)C(=O)c1c(O)ccc2nc(Br)cnc12. The highest BCUT2D eigenvalue weighted by Crippen LogP contribution is 2.26. The number of carbonyl (C=O) groups is 2. The molecular weight excluding hydrogens is 342 g/mol. The summed E-state index contributed by atoms with van der Waals surface area (Å²) in [5.41, 5.74) is 0.611. The molecule has 2 aromatic rings. The van der Waals surface area contributed by atoms with Gasteiger partial charge in [-0.05, 0) is 35.0 Å². The number of carboxylic acid groups (broad SMARTS) is 1. The molecule has 1 amide bonds. The Hall–Kier alpha value is -2.22. The van der Waals surface area contributed by atoms with E-state index in [1.807, 2.05) is 0 Å². The zero-order valence-electron chi connectivity index (χ0n) is 11.1. The maximum atomic E-state index is 12.5. The fourth-order valence-electron chi connectivity index (χ4n) is 1.91. The number of hydrogen-bond acceptors (Lipinski definition) is 5. The van der Waals surface area contributed by atoms with Crippen LogP contribution in [0.4, 0.5) is 0 Å². The van der Waals surface area contributed by atoms with Crippen LogP contribution in [0.3, 0.4) is 0 Å². The summed E-state index contributed by atoms with van der Waals surface area (Å²) in [6.07, 6.45) is 1.41. The number of aliphatic carboxylic acids is 1. The summed E-state index contributed by atoms with van der Waals surface area (Å²) >= 11 is 3.18. The van der Waals surface area contributed by atoms with E-state index in [2.05, 4.69) is 25.9 Å². The van der Waals surface area contributed by atoms with Gasteiger partial charge < -0.3 is 15.1 Å². The smallest absolute Gasteiger partial charge is 0.323 e. The molecule has 0 aliphatic rings. The largest absolute Gasteiger partial charge is 0.507 e. The molecule has 0 aliphatic carbocycles. The summed E-state index contributed by atoms with van der Waals surface area (Å²) in [5, 5.41) is 18.8. The van der Waals surface area contributed by atoms with Crippen molar-refractivity contribution >= 4 is 38.8 Å². The number of likely N-dealkylation sites (N-methyl/N-ethyl adjacent to an activating group) is 1. The van der Waals surface area contributed by atoms with Crippen LogP contribution in [0.2, 0.25) is 0 Å². The number of phenolic OH excluding ortho intramolecular Hbond substituents is 1. The van der Waals surface area contributed by atoms with Gasteiger partial charge in [0.05, 0.1) is 11.7 Å². The van der Waals surface area contributed by atoms with Gasteiger partial charge in [0.15, 0.2) is 0 Å². The van der Waals surface area contributed by atoms with Gasteiger partial charge in [0, 0.05) is 6.54 Å². The molecule has 0 saturated carbocycles. The topological polar surface area (TPSA) is 104 Å². The second-order valence-corrected chi connectivity index (χ2v) is 5.05. The number of aromatic nitrogens is 2. The molecule has 110 valence electrons. The molecule has 0 bridgehead atoms. The molecule has 0 radical (unpaired) electrons. The molecule has 0 fully saturated rings. The Morgan fingerprint density at radius 3 is 2.71 bits per heavy atom. The Bertz CT molecular complexity index is 720. The number of benzene rings is 1. The number of amides is 1. The quantitative estimate of drug-likeness (QED) is 0.865. The minimum atomic E-state index is -1.13. The first-order valence-corrected chi connectivity index (χ1v) is 6.88. The van der Waals surface area contributed by atoms with Crippen molar-refractivity contribution in [2.45, 2.75) is 6.92 Å². The molecule has 0 aliphatic heterocycles. The fraction of sp³-hybridized carbons (Fsp3) is 0.231. The molecule has 0 spiro atoms. The van der Waals surface area contributed by atoms with Crippen molar-refractivity contribution in [1.29, 1.82) is 0 Å². The number of aromatic hydroxyl groups is 1. The monoisotopic (exact) mass is 353 g/mol. The summed E-state index contributed by atoms with van der Waals surface area (Å²) in [6, 6.07) is 2.87. The van der Waals surface area contributed by atoms with Crippen LogP contribution >= 0.6 is 15.9 Å². The highest BCUT2D eigenvalue weighted by Gasteiger charge is 2.23. The van der Waals surface area contributed by atoms with Crippen molar-refractivity contribution in [2.24, 2.45) is 0 Å². The van der Waals surface area contributed by atoms with Crippen molar-refractivity contribution in [1.82, 2.24) is 14.9 Å². The lowest BCUT2D eigenvalue weighted by Crippen LogP contribution is -2.35. The molecule has 2 rings (SSSR count). The van der Waals surface area contributed by atoms with Gasteiger partial charge in [-0.1, -0.05) is 0 Å². The van der Waals surface area contributed by atoms with Crippen LogP contribution in [0, 0.1) is 0 Å². The van der Waals surface area contributed by atoms with Crippen LogP contribution in [0.25, 0.3) is 11.0 Å². The molecule has 2 N–H and O–H groups in total. The third kappa shape index (κ3) is 3.10. The Labute approximate surface area is 128 Å². The number of carboxylic acids is 1. The average molecular weight is 354 g/mol. The van der Waals surface area contributed by atoms with E-state index in [0.717, 1.165) is 4.90 Å². The van der Waals surface area contributed by atoms with Gasteiger partial charge >= 0.3 is 5.97 Å². The molecule has 0 saturated heterocycles. The minimum Gasteiger partial charge on any atom is -0.507 e. The van der Waals surface area contributed by atoms with Crippen molar-refractivity contribution < 1.29 is 19.8 Å². The van der Waals surface area contributed by atoms with E-state index in [-0.39, 0.29) is 23.4 Å². The molecule has 0 unspecified atom stereocenters. The van der Waals surface area contributed by atoms with Crippen LogP contribution in [0.15, 0.2) is 22.9 Å². The highest BCUT2D eigenvalue weighted by atomic mass is 79.9. The van der Waals surface area contributed by atoms with E-state index < -0.39 is 18.4 Å². The minimum absolute atomic E-state index is 0.0457. The Balaban J connectivity index is 2.56. The Morgan fingerprint density at radius 1 is 1.38 bits per heavy atom. The predicted molar refractivity (Wildman–Crippen MR) is 78.1 cm³/mol.